The molecule has 0 amide bonds. The third-order valence-electron chi connectivity index (χ3n) is 1.97. The molecule has 0 aliphatic carbocycles. The maximum absolute atomic E-state index is 13.4. The van der Waals surface area contributed by atoms with Crippen molar-refractivity contribution in [3.8, 4) is 0 Å². The van der Waals surface area contributed by atoms with Gasteiger partial charge < -0.3 is 4.74 Å². The van der Waals surface area contributed by atoms with E-state index in [9.17, 15) is 9.18 Å². The minimum absolute atomic E-state index is 0.334. The lowest BCUT2D eigenvalue weighted by atomic mass is 10.2. The average molecular weight is 289 g/mol. The van der Waals surface area contributed by atoms with Crippen LogP contribution in [0.3, 0.4) is 0 Å². The zero-order valence-corrected chi connectivity index (χ0v) is 10.1. The fourth-order valence-electron chi connectivity index (χ4n) is 1.26. The molecule has 0 saturated heterocycles. The third-order valence-corrected chi connectivity index (χ3v) is 4.04. The molecule has 0 saturated carbocycles. The molecule has 1 aromatic heterocycles. The first-order valence-electron chi connectivity index (χ1n) is 4.09. The number of carbonyl (C=O) groups is 1. The summed E-state index contributed by atoms with van der Waals surface area (Å²) in [6, 6.07) is 4.49. The SMILES string of the molecule is COC(=O)c1cc2c(F)ccc(Br)c2s1. The normalized spacial score (nSPS) is 10.6. The molecule has 0 radical (unpaired) electrons. The molecular weight excluding hydrogens is 283 g/mol. The van der Waals surface area contributed by atoms with Crippen LogP contribution in [0.15, 0.2) is 22.7 Å². The van der Waals surface area contributed by atoms with Crippen LogP contribution in [0.2, 0.25) is 0 Å². The number of thiophene rings is 1. The van der Waals surface area contributed by atoms with E-state index >= 15 is 0 Å². The van der Waals surface area contributed by atoms with Crippen molar-refractivity contribution >= 4 is 43.3 Å². The number of esters is 1. The fraction of sp³-hybridized carbons (Fsp3) is 0.100. The Balaban J connectivity index is 2.70. The number of carbonyl (C=O) groups excluding carboxylic acids is 1. The van der Waals surface area contributed by atoms with Crippen molar-refractivity contribution in [1.29, 1.82) is 0 Å². The Labute approximate surface area is 97.8 Å². The van der Waals surface area contributed by atoms with E-state index in [1.54, 1.807) is 6.07 Å². The highest BCUT2D eigenvalue weighted by Crippen LogP contribution is 2.33. The molecule has 2 nitrogen and oxygen atoms in total. The van der Waals surface area contributed by atoms with E-state index in [2.05, 4.69) is 20.7 Å². The van der Waals surface area contributed by atoms with E-state index in [0.29, 0.717) is 10.3 Å². The van der Waals surface area contributed by atoms with Gasteiger partial charge in [0.15, 0.2) is 0 Å². The molecule has 78 valence electrons. The quantitative estimate of drug-likeness (QED) is 0.750. The number of methoxy groups -OCH3 is 1. The van der Waals surface area contributed by atoms with Crippen molar-refractivity contribution in [2.24, 2.45) is 0 Å². The summed E-state index contributed by atoms with van der Waals surface area (Å²) in [4.78, 5) is 11.7. The van der Waals surface area contributed by atoms with Gasteiger partial charge in [0.05, 0.1) is 11.8 Å². The summed E-state index contributed by atoms with van der Waals surface area (Å²) in [5.41, 5.74) is 0. The highest BCUT2D eigenvalue weighted by Gasteiger charge is 2.14. The molecule has 15 heavy (non-hydrogen) atoms. The minimum atomic E-state index is -0.442. The van der Waals surface area contributed by atoms with Crippen LogP contribution in [-0.2, 0) is 4.74 Å². The van der Waals surface area contributed by atoms with Crippen LogP contribution >= 0.6 is 27.3 Å². The molecule has 5 heteroatoms. The van der Waals surface area contributed by atoms with Gasteiger partial charge in [0.25, 0.3) is 0 Å². The molecule has 0 aliphatic heterocycles. The first-order chi connectivity index (χ1) is 7.13. The summed E-state index contributed by atoms with van der Waals surface area (Å²) in [6.45, 7) is 0. The second kappa shape index (κ2) is 3.90. The molecule has 0 spiro atoms. The van der Waals surface area contributed by atoms with Crippen molar-refractivity contribution in [2.45, 2.75) is 0 Å². The van der Waals surface area contributed by atoms with E-state index in [4.69, 9.17) is 0 Å². The van der Waals surface area contributed by atoms with Crippen LogP contribution in [-0.4, -0.2) is 13.1 Å². The van der Waals surface area contributed by atoms with Gasteiger partial charge in [-0.3, -0.25) is 0 Å². The Morgan fingerprint density at radius 2 is 2.27 bits per heavy atom. The number of fused-ring (bicyclic) bond motifs is 1. The smallest absolute Gasteiger partial charge is 0.348 e. The van der Waals surface area contributed by atoms with Crippen LogP contribution in [0.5, 0.6) is 0 Å². The van der Waals surface area contributed by atoms with Gasteiger partial charge in [0.1, 0.15) is 10.7 Å². The molecule has 0 unspecified atom stereocenters. The van der Waals surface area contributed by atoms with Gasteiger partial charge in [-0.1, -0.05) is 0 Å². The Bertz CT molecular complexity index is 496. The van der Waals surface area contributed by atoms with Crippen LogP contribution in [0, 0.1) is 5.82 Å². The van der Waals surface area contributed by atoms with E-state index in [1.165, 1.54) is 30.6 Å². The highest BCUT2D eigenvalue weighted by molar-refractivity contribution is 9.10. The first-order valence-corrected chi connectivity index (χ1v) is 5.70. The lowest BCUT2D eigenvalue weighted by Crippen LogP contribution is -1.96. The average Bonchev–Trinajstić information content (AvgIpc) is 2.68. The lowest BCUT2D eigenvalue weighted by molar-refractivity contribution is 0.0606. The number of halogens is 2. The molecule has 0 bridgehead atoms. The van der Waals surface area contributed by atoms with Gasteiger partial charge in [-0.05, 0) is 34.1 Å². The van der Waals surface area contributed by atoms with Crippen molar-refractivity contribution in [1.82, 2.24) is 0 Å². The molecule has 0 fully saturated rings. The van der Waals surface area contributed by atoms with Crippen molar-refractivity contribution < 1.29 is 13.9 Å². The second-order valence-corrected chi connectivity index (χ2v) is 4.78. The molecule has 1 aromatic carbocycles. The summed E-state index contributed by atoms with van der Waals surface area (Å²) >= 11 is 4.52. The monoisotopic (exact) mass is 288 g/mol. The van der Waals surface area contributed by atoms with E-state index < -0.39 is 5.97 Å². The third kappa shape index (κ3) is 1.77. The highest BCUT2D eigenvalue weighted by atomic mass is 79.9. The Morgan fingerprint density at radius 3 is 2.87 bits per heavy atom. The zero-order valence-electron chi connectivity index (χ0n) is 7.71. The minimum Gasteiger partial charge on any atom is -0.465 e. The number of ether oxygens (including phenoxy) is 1. The predicted molar refractivity (Wildman–Crippen MR) is 60.8 cm³/mol. The molecule has 0 atom stereocenters. The largest absolute Gasteiger partial charge is 0.465 e. The summed E-state index contributed by atoms with van der Waals surface area (Å²) in [5, 5.41) is 0.440. The summed E-state index contributed by atoms with van der Waals surface area (Å²) in [6.07, 6.45) is 0. The van der Waals surface area contributed by atoms with Crippen LogP contribution in [0.25, 0.3) is 10.1 Å². The Morgan fingerprint density at radius 1 is 1.53 bits per heavy atom. The van der Waals surface area contributed by atoms with Crippen molar-refractivity contribution in [2.75, 3.05) is 7.11 Å². The van der Waals surface area contributed by atoms with Crippen molar-refractivity contribution in [3.05, 3.63) is 33.4 Å². The standard InChI is InChI=1S/C10H6BrFO2S/c1-14-10(13)8-4-5-7(12)3-2-6(11)9(5)15-8/h2-4H,1H3. The topological polar surface area (TPSA) is 26.3 Å². The fourth-order valence-corrected chi connectivity index (χ4v) is 2.84. The van der Waals surface area contributed by atoms with Gasteiger partial charge in [-0.25, -0.2) is 9.18 Å². The summed E-state index contributed by atoms with van der Waals surface area (Å²) in [7, 11) is 1.30. The van der Waals surface area contributed by atoms with Crippen LogP contribution < -0.4 is 0 Å². The first kappa shape index (κ1) is 10.6. The second-order valence-electron chi connectivity index (χ2n) is 2.87. The molecule has 1 heterocycles. The van der Waals surface area contributed by atoms with Gasteiger partial charge in [0.2, 0.25) is 0 Å². The van der Waals surface area contributed by atoms with Crippen LogP contribution in [0.1, 0.15) is 9.67 Å². The maximum atomic E-state index is 13.4. The molecule has 0 aliphatic rings. The number of rotatable bonds is 1. The maximum Gasteiger partial charge on any atom is 0.348 e. The molecule has 2 rings (SSSR count). The molecule has 2 aromatic rings. The molecule has 0 N–H and O–H groups in total. The summed E-state index contributed by atoms with van der Waals surface area (Å²) < 4.78 is 19.5. The zero-order chi connectivity index (χ0) is 11.0. The van der Waals surface area contributed by atoms with Gasteiger partial charge in [-0.15, -0.1) is 11.3 Å². The number of hydrogen-bond acceptors (Lipinski definition) is 3. The predicted octanol–water partition coefficient (Wildman–Crippen LogP) is 3.59. The Hall–Kier alpha value is -0.940. The summed E-state index contributed by atoms with van der Waals surface area (Å²) in [5.74, 6) is -0.776. The van der Waals surface area contributed by atoms with E-state index in [-0.39, 0.29) is 5.82 Å². The number of hydrogen-bond donors (Lipinski definition) is 0. The van der Waals surface area contributed by atoms with Crippen LogP contribution in [0.4, 0.5) is 4.39 Å². The van der Waals surface area contributed by atoms with Crippen molar-refractivity contribution in [3.63, 3.8) is 0 Å². The van der Waals surface area contributed by atoms with E-state index in [0.717, 1.165) is 9.17 Å². The molecular formula is C10H6BrFO2S. The van der Waals surface area contributed by atoms with Gasteiger partial charge in [0, 0.05) is 9.86 Å². The van der Waals surface area contributed by atoms with Gasteiger partial charge in [-0.2, -0.15) is 0 Å². The number of benzene rings is 1. The lowest BCUT2D eigenvalue weighted by Gasteiger charge is -1.93. The van der Waals surface area contributed by atoms with E-state index in [1.807, 2.05) is 0 Å². The Kier molecular flexibility index (Phi) is 2.75. The van der Waals surface area contributed by atoms with Gasteiger partial charge >= 0.3 is 5.97 Å².